The molecule has 0 radical (unpaired) electrons. The Kier molecular flexibility index (Phi) is 3.43. The summed E-state index contributed by atoms with van der Waals surface area (Å²) in [4.78, 5) is 25.9. The third kappa shape index (κ3) is 2.30. The van der Waals surface area contributed by atoms with Crippen molar-refractivity contribution < 1.29 is 14.0 Å². The van der Waals surface area contributed by atoms with E-state index in [2.05, 4.69) is 12.2 Å². The van der Waals surface area contributed by atoms with Crippen molar-refractivity contribution in [2.24, 2.45) is 11.3 Å². The van der Waals surface area contributed by atoms with Crippen LogP contribution in [0.3, 0.4) is 0 Å². The molecule has 112 valence electrons. The Labute approximate surface area is 123 Å². The highest BCUT2D eigenvalue weighted by atomic mass is 19.1. The number of benzene rings is 1. The monoisotopic (exact) mass is 290 g/mol. The molecule has 1 saturated carbocycles. The average molecular weight is 290 g/mol. The molecule has 1 aromatic carbocycles. The zero-order chi connectivity index (χ0) is 15.0. The number of imide groups is 1. The van der Waals surface area contributed by atoms with Crippen LogP contribution in [-0.4, -0.2) is 18.5 Å². The van der Waals surface area contributed by atoms with Gasteiger partial charge in [-0.2, -0.15) is 0 Å². The maximum atomic E-state index is 14.0. The number of nitrogens with one attached hydrogen (secondary N) is 1. The number of para-hydroxylation sites is 1. The first-order valence-electron chi connectivity index (χ1n) is 7.40. The number of rotatable bonds is 1. The predicted molar refractivity (Wildman–Crippen MR) is 77.3 cm³/mol. The van der Waals surface area contributed by atoms with E-state index < -0.39 is 17.3 Å². The van der Waals surface area contributed by atoms with E-state index in [4.69, 9.17) is 0 Å². The van der Waals surface area contributed by atoms with Gasteiger partial charge in [0.15, 0.2) is 0 Å². The van der Waals surface area contributed by atoms with E-state index >= 15 is 0 Å². The first-order chi connectivity index (χ1) is 10.0. The third-order valence-electron chi connectivity index (χ3n) is 4.76. The van der Waals surface area contributed by atoms with Gasteiger partial charge in [0.2, 0.25) is 5.91 Å². The summed E-state index contributed by atoms with van der Waals surface area (Å²) in [5, 5.41) is 2.76. The molecule has 2 aliphatic rings. The number of anilines is 1. The summed E-state index contributed by atoms with van der Waals surface area (Å²) in [5.74, 6) is -0.214. The Hall–Kier alpha value is -1.91. The minimum Gasteiger partial charge on any atom is -0.336 e. The molecule has 1 aliphatic heterocycles. The summed E-state index contributed by atoms with van der Waals surface area (Å²) in [6.07, 6.45) is 3.43. The van der Waals surface area contributed by atoms with Crippen LogP contribution in [0.4, 0.5) is 14.9 Å². The van der Waals surface area contributed by atoms with Gasteiger partial charge in [-0.05, 0) is 43.7 Å². The highest BCUT2D eigenvalue weighted by Gasteiger charge is 2.49. The van der Waals surface area contributed by atoms with Crippen molar-refractivity contribution in [3.05, 3.63) is 30.1 Å². The molecular formula is C16H19FN2O2. The SMILES string of the molecule is CC1CCC2(CC1)CNC(=O)N(c1ccccc1F)C2=O. The molecule has 2 fully saturated rings. The highest BCUT2D eigenvalue weighted by molar-refractivity contribution is 6.18. The number of urea groups is 1. The summed E-state index contributed by atoms with van der Waals surface area (Å²) in [7, 11) is 0. The van der Waals surface area contributed by atoms with Crippen molar-refractivity contribution in [2.75, 3.05) is 11.4 Å². The first-order valence-corrected chi connectivity index (χ1v) is 7.40. The van der Waals surface area contributed by atoms with Gasteiger partial charge < -0.3 is 5.32 Å². The molecule has 1 aliphatic carbocycles. The summed E-state index contributed by atoms with van der Waals surface area (Å²) in [6, 6.07) is 5.37. The van der Waals surface area contributed by atoms with Gasteiger partial charge in [-0.1, -0.05) is 19.1 Å². The maximum Gasteiger partial charge on any atom is 0.328 e. The molecule has 1 N–H and O–H groups in total. The number of amides is 3. The number of hydrogen-bond donors (Lipinski definition) is 1. The molecule has 3 amide bonds. The van der Waals surface area contributed by atoms with Gasteiger partial charge in [-0.3, -0.25) is 4.79 Å². The lowest BCUT2D eigenvalue weighted by Gasteiger charge is -2.44. The summed E-state index contributed by atoms with van der Waals surface area (Å²) in [6.45, 7) is 2.54. The van der Waals surface area contributed by atoms with E-state index in [1.165, 1.54) is 12.1 Å². The zero-order valence-electron chi connectivity index (χ0n) is 12.1. The number of hydrogen-bond acceptors (Lipinski definition) is 2. The van der Waals surface area contributed by atoms with E-state index in [-0.39, 0.29) is 11.6 Å². The van der Waals surface area contributed by atoms with Gasteiger partial charge in [0.1, 0.15) is 5.82 Å². The predicted octanol–water partition coefficient (Wildman–Crippen LogP) is 3.08. The van der Waals surface area contributed by atoms with E-state index in [1.807, 2.05) is 0 Å². The van der Waals surface area contributed by atoms with E-state index in [0.717, 1.165) is 30.6 Å². The largest absolute Gasteiger partial charge is 0.336 e. The fraction of sp³-hybridized carbons (Fsp3) is 0.500. The second-order valence-electron chi connectivity index (χ2n) is 6.21. The van der Waals surface area contributed by atoms with Crippen LogP contribution in [0.2, 0.25) is 0 Å². The van der Waals surface area contributed by atoms with E-state index in [1.54, 1.807) is 12.1 Å². The van der Waals surface area contributed by atoms with Gasteiger partial charge >= 0.3 is 6.03 Å². The van der Waals surface area contributed by atoms with Gasteiger partial charge in [0.05, 0.1) is 11.1 Å². The number of carbonyl (C=O) groups excluding carboxylic acids is 2. The highest BCUT2D eigenvalue weighted by Crippen LogP contribution is 2.42. The summed E-state index contributed by atoms with van der Waals surface area (Å²) >= 11 is 0. The van der Waals surface area contributed by atoms with Gasteiger partial charge in [-0.15, -0.1) is 0 Å². The standard InChI is InChI=1S/C16H19FN2O2/c1-11-6-8-16(9-7-11)10-18-15(21)19(14(16)20)13-5-3-2-4-12(13)17/h2-5,11H,6-10H2,1H3,(H,18,21). The van der Waals surface area contributed by atoms with Crippen molar-refractivity contribution in [1.82, 2.24) is 5.32 Å². The van der Waals surface area contributed by atoms with Crippen molar-refractivity contribution in [3.63, 3.8) is 0 Å². The third-order valence-corrected chi connectivity index (χ3v) is 4.76. The molecule has 1 saturated heterocycles. The van der Waals surface area contributed by atoms with Crippen molar-refractivity contribution in [2.45, 2.75) is 32.6 Å². The van der Waals surface area contributed by atoms with Crippen molar-refractivity contribution >= 4 is 17.6 Å². The van der Waals surface area contributed by atoms with Crippen molar-refractivity contribution in [1.29, 1.82) is 0 Å². The van der Waals surface area contributed by atoms with Crippen LogP contribution in [0.25, 0.3) is 0 Å². The van der Waals surface area contributed by atoms with Crippen molar-refractivity contribution in [3.8, 4) is 0 Å². The minimum absolute atomic E-state index is 0.0395. The fourth-order valence-corrected chi connectivity index (χ4v) is 3.29. The molecule has 0 unspecified atom stereocenters. The Balaban J connectivity index is 1.95. The van der Waals surface area contributed by atoms with E-state index in [0.29, 0.717) is 12.5 Å². The molecule has 1 heterocycles. The molecule has 0 atom stereocenters. The Bertz CT molecular complexity index is 579. The van der Waals surface area contributed by atoms with Gasteiger partial charge in [0.25, 0.3) is 0 Å². The Morgan fingerprint density at radius 2 is 1.90 bits per heavy atom. The van der Waals surface area contributed by atoms with Crippen LogP contribution in [-0.2, 0) is 4.79 Å². The van der Waals surface area contributed by atoms with Crippen LogP contribution in [0.1, 0.15) is 32.6 Å². The number of carbonyl (C=O) groups is 2. The Morgan fingerprint density at radius 3 is 2.57 bits per heavy atom. The molecule has 0 bridgehead atoms. The molecule has 0 aromatic heterocycles. The lowest BCUT2D eigenvalue weighted by molar-refractivity contribution is -0.130. The van der Waals surface area contributed by atoms with Crippen LogP contribution in [0.5, 0.6) is 0 Å². The lowest BCUT2D eigenvalue weighted by atomic mass is 9.69. The molecule has 21 heavy (non-hydrogen) atoms. The minimum atomic E-state index is -0.567. The van der Waals surface area contributed by atoms with Gasteiger partial charge in [0, 0.05) is 6.54 Å². The van der Waals surface area contributed by atoms with Crippen LogP contribution < -0.4 is 10.2 Å². The van der Waals surface area contributed by atoms with Crippen LogP contribution in [0.15, 0.2) is 24.3 Å². The van der Waals surface area contributed by atoms with E-state index in [9.17, 15) is 14.0 Å². The average Bonchev–Trinajstić information content (AvgIpc) is 2.48. The second-order valence-corrected chi connectivity index (χ2v) is 6.21. The van der Waals surface area contributed by atoms with Crippen LogP contribution >= 0.6 is 0 Å². The lowest BCUT2D eigenvalue weighted by Crippen LogP contribution is -2.62. The zero-order valence-corrected chi connectivity index (χ0v) is 12.1. The normalized spacial score (nSPS) is 29.6. The smallest absolute Gasteiger partial charge is 0.328 e. The Morgan fingerprint density at radius 1 is 1.24 bits per heavy atom. The molecule has 5 heteroatoms. The number of halogens is 1. The molecule has 4 nitrogen and oxygen atoms in total. The molecule has 1 aromatic rings. The summed E-state index contributed by atoms with van der Waals surface area (Å²) in [5.41, 5.74) is -0.527. The van der Waals surface area contributed by atoms with Crippen LogP contribution in [0, 0.1) is 17.2 Å². The quantitative estimate of drug-likeness (QED) is 0.864. The molecule has 3 rings (SSSR count). The molecular weight excluding hydrogens is 271 g/mol. The topological polar surface area (TPSA) is 49.4 Å². The molecule has 1 spiro atoms. The maximum absolute atomic E-state index is 14.0. The fourth-order valence-electron chi connectivity index (χ4n) is 3.29. The number of nitrogens with zero attached hydrogens (tertiary/aromatic N) is 1. The summed E-state index contributed by atoms with van der Waals surface area (Å²) < 4.78 is 14.0. The first kappa shape index (κ1) is 14.0. The second kappa shape index (κ2) is 5.13. The van der Waals surface area contributed by atoms with Gasteiger partial charge in [-0.25, -0.2) is 14.1 Å².